The second kappa shape index (κ2) is 7.15. The molecule has 1 N–H and O–H groups in total. The third-order valence-corrected chi connectivity index (χ3v) is 5.16. The molecule has 1 aliphatic rings. The fourth-order valence-electron chi connectivity index (χ4n) is 3.63. The first-order valence-electron chi connectivity index (χ1n) is 9.29. The third kappa shape index (κ3) is 3.95. The number of unbranched alkanes of at least 4 members (excludes halogenated alkanes) is 1. The van der Waals surface area contributed by atoms with E-state index in [1.54, 1.807) is 26.0 Å². The first-order valence-corrected chi connectivity index (χ1v) is 9.29. The molecule has 0 bridgehead atoms. The van der Waals surface area contributed by atoms with Crippen molar-refractivity contribution in [2.75, 3.05) is 6.54 Å². The Morgan fingerprint density at radius 2 is 1.96 bits per heavy atom. The van der Waals surface area contributed by atoms with Gasteiger partial charge in [0.15, 0.2) is 0 Å². The molecule has 27 heavy (non-hydrogen) atoms. The van der Waals surface area contributed by atoms with Gasteiger partial charge in [-0.1, -0.05) is 43.7 Å². The summed E-state index contributed by atoms with van der Waals surface area (Å²) in [6.07, 6.45) is -1.65. The van der Waals surface area contributed by atoms with Crippen molar-refractivity contribution in [2.24, 2.45) is 5.41 Å². The van der Waals surface area contributed by atoms with Crippen molar-refractivity contribution in [1.29, 1.82) is 0 Å². The molecule has 1 fully saturated rings. The Kier molecular flexibility index (Phi) is 5.21. The van der Waals surface area contributed by atoms with Crippen LogP contribution in [0.15, 0.2) is 36.4 Å². The number of fused-ring (bicyclic) bond motifs is 1. The molecule has 1 saturated heterocycles. The Balaban J connectivity index is 2.05. The van der Waals surface area contributed by atoms with Crippen LogP contribution in [0.25, 0.3) is 10.8 Å². The van der Waals surface area contributed by atoms with Crippen molar-refractivity contribution in [1.82, 2.24) is 10.4 Å². The third-order valence-electron chi connectivity index (χ3n) is 5.16. The van der Waals surface area contributed by atoms with Crippen LogP contribution in [0.3, 0.4) is 0 Å². The molecule has 2 aromatic rings. The van der Waals surface area contributed by atoms with Gasteiger partial charge in [0.2, 0.25) is 5.91 Å². The van der Waals surface area contributed by atoms with E-state index in [0.29, 0.717) is 0 Å². The average Bonchev–Trinajstić information content (AvgIpc) is 2.84. The zero-order chi connectivity index (χ0) is 19.8. The zero-order valence-corrected chi connectivity index (χ0v) is 15.9. The standard InChI is InChI=1S/C21H25F3N2O/c1-4-5-7-14-8-6-9-15-10-11-16(12-17(14)15)18(21(22,23)24)26-13-20(2,3)19(27)25-26/h6,8-12,18H,4-5,7,13H2,1-3H3,(H,25,27). The summed E-state index contributed by atoms with van der Waals surface area (Å²) < 4.78 is 41.8. The van der Waals surface area contributed by atoms with Crippen LogP contribution in [-0.2, 0) is 11.2 Å². The minimum atomic E-state index is -4.50. The number of benzene rings is 2. The van der Waals surface area contributed by atoms with Gasteiger partial charge in [0, 0.05) is 6.54 Å². The number of halogens is 3. The molecule has 0 aromatic heterocycles. The van der Waals surface area contributed by atoms with Crippen LogP contribution in [0.2, 0.25) is 0 Å². The summed E-state index contributed by atoms with van der Waals surface area (Å²) in [7, 11) is 0. The molecule has 146 valence electrons. The second-order valence-corrected chi connectivity index (χ2v) is 7.90. The summed E-state index contributed by atoms with van der Waals surface area (Å²) in [5.41, 5.74) is 2.77. The summed E-state index contributed by atoms with van der Waals surface area (Å²) in [5.74, 6) is -0.388. The van der Waals surface area contributed by atoms with Gasteiger partial charge in [0.1, 0.15) is 6.04 Å². The largest absolute Gasteiger partial charge is 0.409 e. The number of amides is 1. The number of nitrogens with one attached hydrogen (secondary N) is 1. The highest BCUT2D eigenvalue weighted by molar-refractivity contribution is 5.87. The molecule has 2 aromatic carbocycles. The van der Waals surface area contributed by atoms with Gasteiger partial charge in [-0.25, -0.2) is 5.01 Å². The fourth-order valence-corrected chi connectivity index (χ4v) is 3.63. The number of aryl methyl sites for hydroxylation is 1. The molecule has 3 nitrogen and oxygen atoms in total. The van der Waals surface area contributed by atoms with E-state index in [-0.39, 0.29) is 18.0 Å². The van der Waals surface area contributed by atoms with Crippen LogP contribution >= 0.6 is 0 Å². The quantitative estimate of drug-likeness (QED) is 0.780. The summed E-state index contributed by atoms with van der Waals surface area (Å²) in [5, 5.41) is 2.81. The monoisotopic (exact) mass is 378 g/mol. The Morgan fingerprint density at radius 3 is 2.56 bits per heavy atom. The average molecular weight is 378 g/mol. The van der Waals surface area contributed by atoms with E-state index in [1.165, 1.54) is 6.07 Å². The number of hydrogen-bond acceptors (Lipinski definition) is 2. The maximum atomic E-state index is 13.9. The predicted octanol–water partition coefficient (Wildman–Crippen LogP) is 5.16. The molecular formula is C21H25F3N2O. The lowest BCUT2D eigenvalue weighted by Gasteiger charge is -2.30. The summed E-state index contributed by atoms with van der Waals surface area (Å²) in [4.78, 5) is 12.0. The molecule has 1 unspecified atom stereocenters. The van der Waals surface area contributed by atoms with E-state index < -0.39 is 17.6 Å². The fraction of sp³-hybridized carbons (Fsp3) is 0.476. The lowest BCUT2D eigenvalue weighted by atomic mass is 9.93. The van der Waals surface area contributed by atoms with Crippen molar-refractivity contribution >= 4 is 16.7 Å². The van der Waals surface area contributed by atoms with Gasteiger partial charge < -0.3 is 0 Å². The van der Waals surface area contributed by atoms with Gasteiger partial charge in [-0.3, -0.25) is 10.2 Å². The highest BCUT2D eigenvalue weighted by atomic mass is 19.4. The first-order chi connectivity index (χ1) is 12.6. The van der Waals surface area contributed by atoms with Gasteiger partial charge >= 0.3 is 6.18 Å². The van der Waals surface area contributed by atoms with Crippen LogP contribution in [0.5, 0.6) is 0 Å². The number of carbonyl (C=O) groups excluding carboxylic acids is 1. The highest BCUT2D eigenvalue weighted by Crippen LogP contribution is 2.41. The number of hydrazine groups is 1. The molecule has 0 radical (unpaired) electrons. The second-order valence-electron chi connectivity index (χ2n) is 7.90. The van der Waals surface area contributed by atoms with Crippen molar-refractivity contribution in [3.05, 3.63) is 47.5 Å². The molecule has 1 aliphatic heterocycles. The van der Waals surface area contributed by atoms with E-state index in [9.17, 15) is 18.0 Å². The van der Waals surface area contributed by atoms with Crippen LogP contribution in [0, 0.1) is 5.41 Å². The van der Waals surface area contributed by atoms with Crippen LogP contribution in [-0.4, -0.2) is 23.6 Å². The van der Waals surface area contributed by atoms with Gasteiger partial charge in [0.05, 0.1) is 5.41 Å². The predicted molar refractivity (Wildman–Crippen MR) is 100.0 cm³/mol. The van der Waals surface area contributed by atoms with Gasteiger partial charge in [-0.05, 0) is 54.7 Å². The van der Waals surface area contributed by atoms with Crippen molar-refractivity contribution in [3.63, 3.8) is 0 Å². The molecule has 1 heterocycles. The van der Waals surface area contributed by atoms with E-state index in [0.717, 1.165) is 40.6 Å². The zero-order valence-electron chi connectivity index (χ0n) is 15.9. The Hall–Kier alpha value is -2.08. The summed E-state index contributed by atoms with van der Waals surface area (Å²) in [6.45, 7) is 5.40. The molecule has 0 saturated carbocycles. The first kappa shape index (κ1) is 19.7. The maximum absolute atomic E-state index is 13.9. The molecule has 0 spiro atoms. The number of hydrogen-bond donors (Lipinski definition) is 1. The van der Waals surface area contributed by atoms with E-state index in [4.69, 9.17) is 0 Å². The molecule has 1 amide bonds. The van der Waals surface area contributed by atoms with Crippen molar-refractivity contribution in [2.45, 2.75) is 52.3 Å². The molecule has 0 aliphatic carbocycles. The smallest absolute Gasteiger partial charge is 0.287 e. The number of alkyl halides is 3. The topological polar surface area (TPSA) is 32.3 Å². The van der Waals surface area contributed by atoms with Crippen LogP contribution in [0.1, 0.15) is 50.8 Å². The molecular weight excluding hydrogens is 353 g/mol. The van der Waals surface area contributed by atoms with Crippen LogP contribution in [0.4, 0.5) is 13.2 Å². The van der Waals surface area contributed by atoms with Crippen molar-refractivity contribution < 1.29 is 18.0 Å². The lowest BCUT2D eigenvalue weighted by molar-refractivity contribution is -0.191. The molecule has 1 atom stereocenters. The van der Waals surface area contributed by atoms with E-state index >= 15 is 0 Å². The van der Waals surface area contributed by atoms with Gasteiger partial charge in [-0.2, -0.15) is 13.2 Å². The summed E-state index contributed by atoms with van der Waals surface area (Å²) in [6, 6.07) is 8.85. The Morgan fingerprint density at radius 1 is 1.22 bits per heavy atom. The lowest BCUT2D eigenvalue weighted by Crippen LogP contribution is -2.43. The maximum Gasteiger partial charge on any atom is 0.409 e. The summed E-state index contributed by atoms with van der Waals surface area (Å²) >= 11 is 0. The van der Waals surface area contributed by atoms with E-state index in [1.807, 2.05) is 18.2 Å². The SMILES string of the molecule is CCCCc1cccc2ccc(C(N3CC(C)(C)C(=O)N3)C(F)(F)F)cc12. The van der Waals surface area contributed by atoms with Gasteiger partial charge in [-0.15, -0.1) is 0 Å². The van der Waals surface area contributed by atoms with Gasteiger partial charge in [0.25, 0.3) is 0 Å². The number of rotatable bonds is 5. The molecule has 3 rings (SSSR count). The van der Waals surface area contributed by atoms with Crippen LogP contribution < -0.4 is 5.43 Å². The molecule has 6 heteroatoms. The number of nitrogens with zero attached hydrogens (tertiary/aromatic N) is 1. The Labute approximate surface area is 157 Å². The number of carbonyl (C=O) groups is 1. The van der Waals surface area contributed by atoms with Crippen molar-refractivity contribution in [3.8, 4) is 0 Å². The minimum Gasteiger partial charge on any atom is -0.287 e. The Bertz CT molecular complexity index is 845. The van der Waals surface area contributed by atoms with E-state index in [2.05, 4.69) is 12.3 Å². The minimum absolute atomic E-state index is 0.00548. The normalized spacial score (nSPS) is 18.7. The highest BCUT2D eigenvalue weighted by Gasteiger charge is 2.51.